The summed E-state index contributed by atoms with van der Waals surface area (Å²) in [4.78, 5) is 0. The second-order valence-electron chi connectivity index (χ2n) is 7.18. The Morgan fingerprint density at radius 1 is 0.739 bits per heavy atom. The zero-order valence-corrected chi connectivity index (χ0v) is 18.7. The SMILES string of the molecule is CCC[CH2][Sn]([CH2]/C=C/Cc1ccccc1)([CH2]CCC)[CH2]CCC. The van der Waals surface area contributed by atoms with Gasteiger partial charge in [0.2, 0.25) is 0 Å². The van der Waals surface area contributed by atoms with Crippen molar-refractivity contribution in [2.24, 2.45) is 0 Å². The van der Waals surface area contributed by atoms with Gasteiger partial charge < -0.3 is 0 Å². The number of rotatable bonds is 13. The molecule has 0 atom stereocenters. The number of hydrogen-bond acceptors (Lipinski definition) is 0. The van der Waals surface area contributed by atoms with Gasteiger partial charge in [0.05, 0.1) is 0 Å². The zero-order valence-electron chi connectivity index (χ0n) is 15.8. The molecule has 0 heterocycles. The van der Waals surface area contributed by atoms with Crippen molar-refractivity contribution in [2.75, 3.05) is 0 Å². The van der Waals surface area contributed by atoms with Crippen molar-refractivity contribution < 1.29 is 0 Å². The molecule has 0 radical (unpaired) electrons. The van der Waals surface area contributed by atoms with Crippen LogP contribution in [0.4, 0.5) is 0 Å². The third-order valence-electron chi connectivity index (χ3n) is 5.10. The Morgan fingerprint density at radius 2 is 1.26 bits per heavy atom. The van der Waals surface area contributed by atoms with E-state index in [1.807, 2.05) is 0 Å². The molecule has 1 heteroatoms. The van der Waals surface area contributed by atoms with Crippen LogP contribution >= 0.6 is 0 Å². The van der Waals surface area contributed by atoms with Crippen LogP contribution < -0.4 is 0 Å². The molecule has 0 aliphatic carbocycles. The molecule has 0 saturated carbocycles. The summed E-state index contributed by atoms with van der Waals surface area (Å²) in [5.74, 6) is 0. The van der Waals surface area contributed by atoms with Gasteiger partial charge in [-0.3, -0.25) is 0 Å². The Morgan fingerprint density at radius 3 is 1.74 bits per heavy atom. The first-order chi connectivity index (χ1) is 11.3. The predicted octanol–water partition coefficient (Wildman–Crippen LogP) is 7.63. The summed E-state index contributed by atoms with van der Waals surface area (Å²) < 4.78 is 6.37. The van der Waals surface area contributed by atoms with E-state index < -0.39 is 18.4 Å². The summed E-state index contributed by atoms with van der Waals surface area (Å²) in [6, 6.07) is 10.9. The quantitative estimate of drug-likeness (QED) is 0.227. The van der Waals surface area contributed by atoms with E-state index in [2.05, 4.69) is 63.3 Å². The van der Waals surface area contributed by atoms with Crippen molar-refractivity contribution in [1.29, 1.82) is 0 Å². The van der Waals surface area contributed by atoms with Crippen molar-refractivity contribution in [3.8, 4) is 0 Å². The normalized spacial score (nSPS) is 12.1. The van der Waals surface area contributed by atoms with Crippen LogP contribution in [0, 0.1) is 0 Å². The number of hydrogen-bond donors (Lipinski definition) is 0. The van der Waals surface area contributed by atoms with E-state index in [-0.39, 0.29) is 0 Å². The summed E-state index contributed by atoms with van der Waals surface area (Å²) in [5.41, 5.74) is 1.44. The fraction of sp³-hybridized carbons (Fsp3) is 0.636. The van der Waals surface area contributed by atoms with Crippen LogP contribution in [0.2, 0.25) is 17.7 Å². The standard InChI is InChI=1S/C10H11.3C4H9.Sn/c1-2-3-7-10-8-5-4-6-9-10;3*1-3-4-2;/h2-6,8-9H,1,7H2;3*1,3-4H2,2H3;/b3-2+;;;;. The van der Waals surface area contributed by atoms with Gasteiger partial charge in [0.15, 0.2) is 0 Å². The minimum absolute atomic E-state index is 1.11. The summed E-state index contributed by atoms with van der Waals surface area (Å²) in [6.07, 6.45) is 14.7. The van der Waals surface area contributed by atoms with E-state index in [1.165, 1.54) is 48.5 Å². The average molecular weight is 421 g/mol. The summed E-state index contributed by atoms with van der Waals surface area (Å²) >= 11 is -1.93. The molecule has 0 aromatic heterocycles. The van der Waals surface area contributed by atoms with Gasteiger partial charge in [-0.05, 0) is 0 Å². The molecular formula is C22H38Sn. The van der Waals surface area contributed by atoms with Crippen molar-refractivity contribution in [3.05, 3.63) is 48.0 Å². The van der Waals surface area contributed by atoms with Gasteiger partial charge in [0.1, 0.15) is 0 Å². The summed E-state index contributed by atoms with van der Waals surface area (Å²) in [5, 5.41) is 0. The zero-order chi connectivity index (χ0) is 16.8. The molecule has 0 N–H and O–H groups in total. The first-order valence-corrected chi connectivity index (χ1v) is 18.0. The summed E-state index contributed by atoms with van der Waals surface area (Å²) in [6.45, 7) is 7.09. The van der Waals surface area contributed by atoms with Crippen LogP contribution in [0.5, 0.6) is 0 Å². The van der Waals surface area contributed by atoms with Crippen LogP contribution in [0.15, 0.2) is 42.5 Å². The first kappa shape index (κ1) is 20.8. The van der Waals surface area contributed by atoms with Crippen LogP contribution in [0.3, 0.4) is 0 Å². The molecule has 0 aliphatic heterocycles. The minimum atomic E-state index is -1.93. The molecule has 130 valence electrons. The topological polar surface area (TPSA) is 0 Å². The van der Waals surface area contributed by atoms with Gasteiger partial charge >= 0.3 is 150 Å². The molecule has 0 amide bonds. The third kappa shape index (κ3) is 8.98. The van der Waals surface area contributed by atoms with E-state index in [0.29, 0.717) is 0 Å². The fourth-order valence-corrected chi connectivity index (χ4v) is 18.7. The monoisotopic (exact) mass is 422 g/mol. The van der Waals surface area contributed by atoms with Crippen LogP contribution in [-0.2, 0) is 6.42 Å². The molecule has 1 rings (SSSR count). The third-order valence-corrected chi connectivity index (χ3v) is 20.3. The number of allylic oxidation sites excluding steroid dienone is 2. The molecule has 1 aromatic carbocycles. The molecule has 23 heavy (non-hydrogen) atoms. The van der Waals surface area contributed by atoms with Gasteiger partial charge in [-0.1, -0.05) is 0 Å². The Kier molecular flexibility index (Phi) is 11.8. The Hall–Kier alpha value is -0.241. The fourth-order valence-electron chi connectivity index (χ4n) is 3.50. The van der Waals surface area contributed by atoms with Crippen LogP contribution in [0.25, 0.3) is 0 Å². The molecule has 0 fully saturated rings. The molecule has 0 spiro atoms. The van der Waals surface area contributed by atoms with Crippen molar-refractivity contribution in [1.82, 2.24) is 0 Å². The van der Waals surface area contributed by atoms with Crippen molar-refractivity contribution in [2.45, 2.75) is 83.5 Å². The molecule has 0 nitrogen and oxygen atoms in total. The molecule has 0 aliphatic rings. The van der Waals surface area contributed by atoms with E-state index in [0.717, 1.165) is 6.42 Å². The Bertz CT molecular complexity index is 385. The molecule has 0 unspecified atom stereocenters. The maximum atomic E-state index is 2.57. The van der Waals surface area contributed by atoms with Gasteiger partial charge in [0, 0.05) is 0 Å². The Labute approximate surface area is 149 Å². The Balaban J connectivity index is 2.63. The molecule has 1 aromatic rings. The van der Waals surface area contributed by atoms with Crippen molar-refractivity contribution in [3.63, 3.8) is 0 Å². The average Bonchev–Trinajstić information content (AvgIpc) is 2.60. The van der Waals surface area contributed by atoms with Crippen molar-refractivity contribution >= 4 is 18.4 Å². The second-order valence-corrected chi connectivity index (χ2v) is 21.2. The summed E-state index contributed by atoms with van der Waals surface area (Å²) in [7, 11) is 0. The van der Waals surface area contributed by atoms with Gasteiger partial charge in [0.25, 0.3) is 0 Å². The number of unbranched alkanes of at least 4 members (excludes halogenated alkanes) is 3. The van der Waals surface area contributed by atoms with E-state index >= 15 is 0 Å². The predicted molar refractivity (Wildman–Crippen MR) is 109 cm³/mol. The molecule has 0 bridgehead atoms. The first-order valence-electron chi connectivity index (χ1n) is 9.95. The number of benzene rings is 1. The van der Waals surface area contributed by atoms with Gasteiger partial charge in [-0.2, -0.15) is 0 Å². The second kappa shape index (κ2) is 13.1. The molecular weight excluding hydrogens is 383 g/mol. The van der Waals surface area contributed by atoms with E-state index in [4.69, 9.17) is 0 Å². The van der Waals surface area contributed by atoms with Crippen LogP contribution in [-0.4, -0.2) is 18.4 Å². The molecule has 0 saturated heterocycles. The van der Waals surface area contributed by atoms with Crippen LogP contribution in [0.1, 0.15) is 64.9 Å². The maximum absolute atomic E-state index is 2.57. The van der Waals surface area contributed by atoms with Gasteiger partial charge in [-0.15, -0.1) is 0 Å². The van der Waals surface area contributed by atoms with E-state index in [9.17, 15) is 0 Å². The van der Waals surface area contributed by atoms with Gasteiger partial charge in [-0.25, -0.2) is 0 Å². The van der Waals surface area contributed by atoms with E-state index in [1.54, 1.807) is 13.3 Å².